The molecule has 0 fully saturated rings. The zero-order chi connectivity index (χ0) is 19.4. The van der Waals surface area contributed by atoms with Crippen LogP contribution in [0.3, 0.4) is 0 Å². The fraction of sp³-hybridized carbons (Fsp3) is 0.167. The lowest BCUT2D eigenvalue weighted by Crippen LogP contribution is -2.24. The summed E-state index contributed by atoms with van der Waals surface area (Å²) < 4.78 is 2.28. The fourth-order valence-electron chi connectivity index (χ4n) is 2.38. The third-order valence-corrected chi connectivity index (χ3v) is 6.34. The number of aromatic nitrogens is 3. The van der Waals surface area contributed by atoms with Crippen LogP contribution >= 0.6 is 39.5 Å². The molecule has 0 aliphatic rings. The van der Waals surface area contributed by atoms with Gasteiger partial charge in [-0.25, -0.2) is 4.68 Å². The number of halogens is 1. The number of benzene rings is 2. The minimum Gasteiger partial charge on any atom is -0.335 e. The van der Waals surface area contributed by atoms with Crippen LogP contribution in [0.1, 0.15) is 6.92 Å². The maximum Gasteiger partial charge on any atom is 0.237 e. The Morgan fingerprint density at radius 1 is 1.19 bits per heavy atom. The number of amides is 1. The lowest BCUT2D eigenvalue weighted by Gasteiger charge is -2.13. The number of anilines is 1. The number of rotatable bonds is 6. The molecule has 3 aromatic rings. The zero-order valence-corrected chi connectivity index (χ0v) is 17.9. The van der Waals surface area contributed by atoms with Gasteiger partial charge in [-0.15, -0.1) is 22.0 Å². The van der Waals surface area contributed by atoms with E-state index < -0.39 is 5.25 Å². The molecule has 0 saturated heterocycles. The number of carbonyl (C=O) groups is 1. The highest BCUT2D eigenvalue weighted by molar-refractivity contribution is 9.10. The second kappa shape index (κ2) is 8.81. The van der Waals surface area contributed by atoms with Gasteiger partial charge in [0.15, 0.2) is 5.82 Å². The van der Waals surface area contributed by atoms with Crippen LogP contribution in [0, 0.1) is 0 Å². The molecule has 1 atom stereocenters. The Bertz CT molecular complexity index is 962. The molecule has 3 rings (SSSR count). The second-order valence-electron chi connectivity index (χ2n) is 5.61. The summed E-state index contributed by atoms with van der Waals surface area (Å²) in [5, 5.41) is 11.4. The molecular weight excluding hydrogens is 446 g/mol. The average Bonchev–Trinajstić information content (AvgIpc) is 3.03. The van der Waals surface area contributed by atoms with Gasteiger partial charge in [-0.2, -0.15) is 0 Å². The summed E-state index contributed by atoms with van der Waals surface area (Å²) in [6.07, 6.45) is 1.98. The molecule has 1 amide bonds. The van der Waals surface area contributed by atoms with Crippen molar-refractivity contribution in [1.29, 1.82) is 0 Å². The highest BCUT2D eigenvalue weighted by Gasteiger charge is 2.21. The Morgan fingerprint density at radius 3 is 2.63 bits per heavy atom. The van der Waals surface area contributed by atoms with Gasteiger partial charge in [0.05, 0.1) is 10.9 Å². The largest absolute Gasteiger partial charge is 0.335 e. The van der Waals surface area contributed by atoms with E-state index in [-0.39, 0.29) is 5.91 Å². The third kappa shape index (κ3) is 4.48. The summed E-state index contributed by atoms with van der Waals surface area (Å²) in [6.45, 7) is 1.81. The first kappa shape index (κ1) is 19.8. The number of nitrogen functional groups attached to an aromatic ring is 1. The molecule has 3 N–H and O–H groups in total. The predicted molar refractivity (Wildman–Crippen MR) is 115 cm³/mol. The molecule has 0 bridgehead atoms. The minimum absolute atomic E-state index is 0.119. The van der Waals surface area contributed by atoms with E-state index in [2.05, 4.69) is 31.4 Å². The molecule has 1 unspecified atom stereocenters. The third-order valence-electron chi connectivity index (χ3n) is 3.80. The molecule has 0 spiro atoms. The van der Waals surface area contributed by atoms with Gasteiger partial charge in [0.1, 0.15) is 0 Å². The number of para-hydroxylation sites is 1. The van der Waals surface area contributed by atoms with Crippen LogP contribution in [-0.2, 0) is 4.79 Å². The Labute approximate surface area is 174 Å². The van der Waals surface area contributed by atoms with Gasteiger partial charge >= 0.3 is 0 Å². The first-order valence-corrected chi connectivity index (χ1v) is 11.0. The fourth-order valence-corrected chi connectivity index (χ4v) is 4.16. The number of nitrogens with zero attached hydrogens (tertiary/aromatic N) is 3. The molecule has 1 heterocycles. The molecule has 0 saturated carbocycles. The second-order valence-corrected chi connectivity index (χ2v) is 8.62. The quantitative estimate of drug-likeness (QED) is 0.419. The molecule has 140 valence electrons. The first-order chi connectivity index (χ1) is 13.0. The Hall–Kier alpha value is -1.97. The summed E-state index contributed by atoms with van der Waals surface area (Å²) in [6, 6.07) is 15.3. The maximum atomic E-state index is 12.6. The van der Waals surface area contributed by atoms with Crippen LogP contribution < -0.4 is 11.2 Å². The summed E-state index contributed by atoms with van der Waals surface area (Å²) >= 11 is 6.34. The minimum atomic E-state index is -0.390. The van der Waals surface area contributed by atoms with Crippen LogP contribution in [0.25, 0.3) is 11.4 Å². The lowest BCUT2D eigenvalue weighted by molar-refractivity contribution is -0.115. The Kier molecular flexibility index (Phi) is 6.46. The molecule has 0 aliphatic carbocycles. The van der Waals surface area contributed by atoms with E-state index >= 15 is 0 Å². The van der Waals surface area contributed by atoms with Gasteiger partial charge < -0.3 is 11.2 Å². The van der Waals surface area contributed by atoms with Crippen LogP contribution in [0.4, 0.5) is 5.69 Å². The van der Waals surface area contributed by atoms with Crippen molar-refractivity contribution in [2.24, 2.45) is 0 Å². The van der Waals surface area contributed by atoms with Crippen LogP contribution in [0.2, 0.25) is 0 Å². The summed E-state index contributed by atoms with van der Waals surface area (Å²) in [5.41, 5.74) is 1.64. The Balaban J connectivity index is 1.74. The number of hydrogen-bond donors (Lipinski definition) is 2. The number of hydrogen-bond acceptors (Lipinski definition) is 6. The normalized spacial score (nSPS) is 12.0. The smallest absolute Gasteiger partial charge is 0.237 e. The van der Waals surface area contributed by atoms with Gasteiger partial charge in [-0.05, 0) is 37.4 Å². The van der Waals surface area contributed by atoms with Crippen molar-refractivity contribution < 1.29 is 4.79 Å². The van der Waals surface area contributed by atoms with Crippen LogP contribution in [0.15, 0.2) is 63.1 Å². The zero-order valence-electron chi connectivity index (χ0n) is 14.7. The molecule has 1 aromatic heterocycles. The van der Waals surface area contributed by atoms with Crippen molar-refractivity contribution in [2.75, 3.05) is 17.4 Å². The van der Waals surface area contributed by atoms with Gasteiger partial charge in [0, 0.05) is 14.9 Å². The number of nitrogens with one attached hydrogen (secondary N) is 1. The molecule has 27 heavy (non-hydrogen) atoms. The molecule has 6 nitrogen and oxygen atoms in total. The molecular formula is C18H18BrN5OS2. The van der Waals surface area contributed by atoms with E-state index in [9.17, 15) is 4.79 Å². The van der Waals surface area contributed by atoms with Crippen molar-refractivity contribution in [2.45, 2.75) is 22.2 Å². The van der Waals surface area contributed by atoms with Gasteiger partial charge in [0.2, 0.25) is 11.1 Å². The monoisotopic (exact) mass is 463 g/mol. The SMILES string of the molecule is CSc1ccccc1NC(=O)C(C)Sc1nnc(-c2ccccc2Br)n1N. The van der Waals surface area contributed by atoms with Crippen molar-refractivity contribution in [3.05, 3.63) is 53.0 Å². The summed E-state index contributed by atoms with van der Waals surface area (Å²) in [7, 11) is 0. The standard InChI is InChI=1S/C18H18BrN5OS2/c1-11(17(25)21-14-9-5-6-10-15(14)26-2)27-18-23-22-16(24(18)20)12-7-3-4-8-13(12)19/h3-11H,20H2,1-2H3,(H,21,25). The highest BCUT2D eigenvalue weighted by Crippen LogP contribution is 2.30. The number of nitrogens with two attached hydrogens (primary N) is 1. The van der Waals surface area contributed by atoms with E-state index in [0.29, 0.717) is 11.0 Å². The van der Waals surface area contributed by atoms with Crippen molar-refractivity contribution in [1.82, 2.24) is 14.9 Å². The van der Waals surface area contributed by atoms with E-state index in [1.54, 1.807) is 11.8 Å². The van der Waals surface area contributed by atoms with Gasteiger partial charge in [-0.3, -0.25) is 4.79 Å². The van der Waals surface area contributed by atoms with Crippen molar-refractivity contribution >= 4 is 51.0 Å². The number of carbonyl (C=O) groups excluding carboxylic acids is 1. The topological polar surface area (TPSA) is 85.8 Å². The predicted octanol–water partition coefficient (Wildman–Crippen LogP) is 4.26. The molecule has 9 heteroatoms. The highest BCUT2D eigenvalue weighted by atomic mass is 79.9. The van der Waals surface area contributed by atoms with E-state index in [4.69, 9.17) is 5.84 Å². The van der Waals surface area contributed by atoms with E-state index in [1.165, 1.54) is 16.4 Å². The lowest BCUT2D eigenvalue weighted by atomic mass is 10.2. The van der Waals surface area contributed by atoms with Gasteiger partial charge in [0.25, 0.3) is 0 Å². The summed E-state index contributed by atoms with van der Waals surface area (Å²) in [5.74, 6) is 6.58. The summed E-state index contributed by atoms with van der Waals surface area (Å²) in [4.78, 5) is 13.6. The van der Waals surface area contributed by atoms with Crippen molar-refractivity contribution in [3.63, 3.8) is 0 Å². The number of thioether (sulfide) groups is 2. The van der Waals surface area contributed by atoms with E-state index in [1.807, 2.05) is 61.7 Å². The van der Waals surface area contributed by atoms with Crippen LogP contribution in [-0.4, -0.2) is 32.3 Å². The molecule has 0 aliphatic heterocycles. The maximum absolute atomic E-state index is 12.6. The van der Waals surface area contributed by atoms with Gasteiger partial charge in [-0.1, -0.05) is 52.0 Å². The average molecular weight is 464 g/mol. The first-order valence-electron chi connectivity index (χ1n) is 8.07. The molecule has 0 radical (unpaired) electrons. The van der Waals surface area contributed by atoms with Crippen molar-refractivity contribution in [3.8, 4) is 11.4 Å². The Morgan fingerprint density at radius 2 is 1.89 bits per heavy atom. The van der Waals surface area contributed by atoms with Crippen LogP contribution in [0.5, 0.6) is 0 Å². The van der Waals surface area contributed by atoms with E-state index in [0.717, 1.165) is 20.6 Å². The molecule has 2 aromatic carbocycles.